The molecule has 3 heterocycles. The summed E-state index contributed by atoms with van der Waals surface area (Å²) in [6.07, 6.45) is -0.671. The summed E-state index contributed by atoms with van der Waals surface area (Å²) >= 11 is 0. The first-order chi connectivity index (χ1) is 20.8. The number of hydrogen-bond donors (Lipinski definition) is 3. The number of hydrogen-bond acceptors (Lipinski definition) is 6. The smallest absolute Gasteiger partial charge is 0.258 e. The number of carbonyl (C=O) groups excluding carboxylic acids is 3. The van der Waals surface area contributed by atoms with E-state index in [-0.39, 0.29) is 49.0 Å². The van der Waals surface area contributed by atoms with Crippen LogP contribution in [0.5, 0.6) is 17.2 Å². The number of ether oxygens (including phenoxy) is 2. The van der Waals surface area contributed by atoms with Crippen molar-refractivity contribution in [1.82, 2.24) is 15.5 Å². The number of rotatable bonds is 1. The lowest BCUT2D eigenvalue weighted by molar-refractivity contribution is -0.123. The summed E-state index contributed by atoms with van der Waals surface area (Å²) in [5.41, 5.74) is 2.03. The van der Waals surface area contributed by atoms with Gasteiger partial charge in [0.2, 0.25) is 0 Å². The van der Waals surface area contributed by atoms with E-state index in [1.807, 2.05) is 0 Å². The molecule has 0 spiro atoms. The van der Waals surface area contributed by atoms with Crippen LogP contribution in [-0.2, 0) is 11.3 Å². The quantitative estimate of drug-likeness (QED) is 0.314. The molecular formula is C33H28FN3O6. The Bertz CT molecular complexity index is 1690. The number of phenolic OH excluding ortho intramolecular Hbond substituents is 1. The third-order valence-electron chi connectivity index (χ3n) is 7.45. The van der Waals surface area contributed by atoms with E-state index in [1.54, 1.807) is 66.7 Å². The van der Waals surface area contributed by atoms with Gasteiger partial charge in [0.15, 0.2) is 6.61 Å². The Labute approximate surface area is 246 Å². The molecule has 3 aliphatic heterocycles. The van der Waals surface area contributed by atoms with Gasteiger partial charge in [-0.15, -0.1) is 0 Å². The SMILES string of the molecule is O=C1COc2cccc(c2)-c2ccc(F)c(c2)C(=O)N[C@H]2CN(C(=O)c3ccccc3O)C[C@@H]2Oc2ccc(cc2)CN1. The molecule has 2 atom stereocenters. The maximum Gasteiger partial charge on any atom is 0.258 e. The number of carbonyl (C=O) groups is 3. The molecule has 0 saturated carbocycles. The van der Waals surface area contributed by atoms with Crippen LogP contribution in [0.1, 0.15) is 26.3 Å². The highest BCUT2D eigenvalue weighted by atomic mass is 19.1. The van der Waals surface area contributed by atoms with Crippen molar-refractivity contribution in [2.24, 2.45) is 0 Å². The van der Waals surface area contributed by atoms with E-state index < -0.39 is 29.8 Å². The first kappa shape index (κ1) is 27.8. The van der Waals surface area contributed by atoms with Crippen molar-refractivity contribution >= 4 is 17.7 Å². The standard InChI is InChI=1S/C33H28FN3O6/c34-27-13-10-22-15-26(27)32(40)36-28-17-37(33(41)25-6-1-2-7-29(25)38)18-30(28)43-23-11-8-20(9-12-23)16-35-31(39)19-42-24-5-3-4-21(22)14-24/h1-15,28,30,38H,16-19H2,(H,35,39)(H,36,40)/t28-,30-/m0/s1. The molecule has 4 aromatic carbocycles. The number of nitrogens with zero attached hydrogens (tertiary/aromatic N) is 1. The fourth-order valence-corrected chi connectivity index (χ4v) is 5.17. The molecule has 1 saturated heterocycles. The van der Waals surface area contributed by atoms with E-state index in [9.17, 15) is 19.5 Å². The number of para-hydroxylation sites is 1. The average molecular weight is 582 g/mol. The van der Waals surface area contributed by atoms with E-state index in [4.69, 9.17) is 9.47 Å². The lowest BCUT2D eigenvalue weighted by atomic mass is 10.0. The Kier molecular flexibility index (Phi) is 7.65. The van der Waals surface area contributed by atoms with Crippen LogP contribution in [0.4, 0.5) is 4.39 Å². The highest BCUT2D eigenvalue weighted by molar-refractivity contribution is 5.98. The van der Waals surface area contributed by atoms with Crippen molar-refractivity contribution < 1.29 is 33.4 Å². The van der Waals surface area contributed by atoms with Crippen molar-refractivity contribution in [3.8, 4) is 28.4 Å². The van der Waals surface area contributed by atoms with Gasteiger partial charge in [-0.3, -0.25) is 14.4 Å². The minimum atomic E-state index is -0.708. The minimum Gasteiger partial charge on any atom is -0.507 e. The second kappa shape index (κ2) is 11.8. The Morgan fingerprint density at radius 2 is 1.67 bits per heavy atom. The number of phenols is 1. The molecule has 10 heteroatoms. The van der Waals surface area contributed by atoms with E-state index in [0.717, 1.165) is 5.56 Å². The minimum absolute atomic E-state index is 0.0778. The van der Waals surface area contributed by atoms with Crippen LogP contribution in [0.15, 0.2) is 91.0 Å². The number of fused-ring (bicyclic) bond motifs is 7. The molecular weight excluding hydrogens is 553 g/mol. The summed E-state index contributed by atoms with van der Waals surface area (Å²) in [4.78, 5) is 40.7. The number of likely N-dealkylation sites (tertiary alicyclic amines) is 1. The third-order valence-corrected chi connectivity index (χ3v) is 7.45. The summed E-state index contributed by atoms with van der Waals surface area (Å²) in [5.74, 6) is -1.32. The molecule has 4 aromatic rings. The average Bonchev–Trinajstić information content (AvgIpc) is 3.41. The molecule has 0 aliphatic carbocycles. The van der Waals surface area contributed by atoms with Crippen LogP contribution in [0.3, 0.4) is 0 Å². The van der Waals surface area contributed by atoms with Gasteiger partial charge in [-0.25, -0.2) is 4.39 Å². The number of amides is 3. The summed E-state index contributed by atoms with van der Waals surface area (Å²) in [7, 11) is 0. The lowest BCUT2D eigenvalue weighted by Crippen LogP contribution is -2.45. The third kappa shape index (κ3) is 6.13. The fourth-order valence-electron chi connectivity index (χ4n) is 5.17. The molecule has 7 rings (SSSR count). The van der Waals surface area contributed by atoms with Crippen LogP contribution in [0, 0.1) is 5.82 Å². The van der Waals surface area contributed by atoms with Gasteiger partial charge in [-0.2, -0.15) is 0 Å². The second-order valence-electron chi connectivity index (χ2n) is 10.4. The number of halogens is 1. The summed E-state index contributed by atoms with van der Waals surface area (Å²) in [6.45, 7) is 0.284. The molecule has 3 N–H and O–H groups in total. The second-order valence-corrected chi connectivity index (χ2v) is 10.4. The predicted molar refractivity (Wildman–Crippen MR) is 155 cm³/mol. The maximum atomic E-state index is 15.0. The zero-order chi connectivity index (χ0) is 29.9. The van der Waals surface area contributed by atoms with Crippen LogP contribution >= 0.6 is 0 Å². The first-order valence-corrected chi connectivity index (χ1v) is 13.8. The maximum absolute atomic E-state index is 15.0. The molecule has 218 valence electrons. The molecule has 9 nitrogen and oxygen atoms in total. The number of benzene rings is 4. The van der Waals surface area contributed by atoms with E-state index >= 15 is 4.39 Å². The highest BCUT2D eigenvalue weighted by Gasteiger charge is 2.39. The van der Waals surface area contributed by atoms with Crippen LogP contribution in [-0.4, -0.2) is 59.6 Å². The molecule has 0 aromatic heterocycles. The summed E-state index contributed by atoms with van der Waals surface area (Å²) < 4.78 is 26.9. The lowest BCUT2D eigenvalue weighted by Gasteiger charge is -2.21. The summed E-state index contributed by atoms with van der Waals surface area (Å²) in [5, 5.41) is 15.9. The van der Waals surface area contributed by atoms with Crippen molar-refractivity contribution in [1.29, 1.82) is 0 Å². The molecule has 6 bridgehead atoms. The van der Waals surface area contributed by atoms with Crippen LogP contribution < -0.4 is 20.1 Å². The van der Waals surface area contributed by atoms with Crippen molar-refractivity contribution in [3.05, 3.63) is 114 Å². The Morgan fingerprint density at radius 1 is 0.884 bits per heavy atom. The van der Waals surface area contributed by atoms with Gasteiger partial charge in [-0.1, -0.05) is 42.5 Å². The molecule has 43 heavy (non-hydrogen) atoms. The van der Waals surface area contributed by atoms with Gasteiger partial charge in [0.1, 0.15) is 29.2 Å². The zero-order valence-electron chi connectivity index (χ0n) is 23.0. The van der Waals surface area contributed by atoms with Gasteiger partial charge in [-0.05, 0) is 65.2 Å². The number of nitrogens with one attached hydrogen (secondary N) is 2. The summed E-state index contributed by atoms with van der Waals surface area (Å²) in [6, 6.07) is 23.8. The Morgan fingerprint density at radius 3 is 2.49 bits per heavy atom. The molecule has 0 unspecified atom stereocenters. The monoisotopic (exact) mass is 581 g/mol. The first-order valence-electron chi connectivity index (χ1n) is 13.8. The number of aromatic hydroxyl groups is 1. The largest absolute Gasteiger partial charge is 0.507 e. The predicted octanol–water partition coefficient (Wildman–Crippen LogP) is 3.91. The topological polar surface area (TPSA) is 117 Å². The molecule has 0 radical (unpaired) electrons. The highest BCUT2D eigenvalue weighted by Crippen LogP contribution is 2.28. The Balaban J connectivity index is 1.34. The molecule has 1 fully saturated rings. The van der Waals surface area contributed by atoms with Crippen LogP contribution in [0.25, 0.3) is 11.1 Å². The Hall–Kier alpha value is -5.38. The van der Waals surface area contributed by atoms with Gasteiger partial charge < -0.3 is 30.1 Å². The molecule has 3 aliphatic rings. The zero-order valence-corrected chi connectivity index (χ0v) is 23.0. The van der Waals surface area contributed by atoms with E-state index in [0.29, 0.717) is 22.6 Å². The molecule has 3 amide bonds. The fraction of sp³-hybridized carbons (Fsp3) is 0.182. The van der Waals surface area contributed by atoms with Gasteiger partial charge in [0.05, 0.1) is 23.7 Å². The van der Waals surface area contributed by atoms with Crippen molar-refractivity contribution in [2.45, 2.75) is 18.7 Å². The van der Waals surface area contributed by atoms with Crippen LogP contribution in [0.2, 0.25) is 0 Å². The van der Waals surface area contributed by atoms with Gasteiger partial charge in [0.25, 0.3) is 17.7 Å². The van der Waals surface area contributed by atoms with Crippen molar-refractivity contribution in [3.63, 3.8) is 0 Å². The van der Waals surface area contributed by atoms with E-state index in [1.165, 1.54) is 29.2 Å². The normalized spacial score (nSPS) is 18.5. The van der Waals surface area contributed by atoms with Crippen molar-refractivity contribution in [2.75, 3.05) is 19.7 Å². The van der Waals surface area contributed by atoms with E-state index in [2.05, 4.69) is 10.6 Å². The van der Waals surface area contributed by atoms with Gasteiger partial charge in [0, 0.05) is 13.1 Å². The van der Waals surface area contributed by atoms with Gasteiger partial charge >= 0.3 is 0 Å².